The molecule has 1 unspecified atom stereocenters. The molecule has 1 atom stereocenters. The second-order valence-corrected chi connectivity index (χ2v) is 6.90. The summed E-state index contributed by atoms with van der Waals surface area (Å²) in [6.07, 6.45) is 0. The lowest BCUT2D eigenvalue weighted by molar-refractivity contribution is 1.12. The van der Waals surface area contributed by atoms with Crippen LogP contribution >= 0.6 is 27.3 Å². The van der Waals surface area contributed by atoms with Crippen LogP contribution in [0.3, 0.4) is 0 Å². The summed E-state index contributed by atoms with van der Waals surface area (Å²) in [6.45, 7) is 8.74. The second-order valence-electron chi connectivity index (χ2n) is 4.52. The first-order valence-corrected chi connectivity index (χ1v) is 7.51. The average molecular weight is 309 g/mol. The van der Waals surface area contributed by atoms with Crippen molar-refractivity contribution < 1.29 is 0 Å². The zero-order chi connectivity index (χ0) is 12.6. The second kappa shape index (κ2) is 4.95. The zero-order valence-corrected chi connectivity index (χ0v) is 13.1. The van der Waals surface area contributed by atoms with E-state index in [1.807, 2.05) is 11.3 Å². The van der Waals surface area contributed by atoms with Gasteiger partial charge >= 0.3 is 0 Å². The molecule has 1 aromatic carbocycles. The summed E-state index contributed by atoms with van der Waals surface area (Å²) in [7, 11) is 0. The van der Waals surface area contributed by atoms with E-state index in [4.69, 9.17) is 0 Å². The number of halogens is 1. The lowest BCUT2D eigenvalue weighted by atomic mass is 9.97. The van der Waals surface area contributed by atoms with Gasteiger partial charge in [-0.2, -0.15) is 0 Å². The van der Waals surface area contributed by atoms with Crippen molar-refractivity contribution in [2.75, 3.05) is 0 Å². The van der Waals surface area contributed by atoms with Crippen LogP contribution in [-0.2, 0) is 0 Å². The maximum atomic E-state index is 3.85. The number of hydrogen-bond acceptors (Lipinski definition) is 1. The highest BCUT2D eigenvalue weighted by Gasteiger charge is 2.17. The zero-order valence-electron chi connectivity index (χ0n) is 10.7. The predicted molar refractivity (Wildman–Crippen MR) is 80.5 cm³/mol. The van der Waals surface area contributed by atoms with E-state index < -0.39 is 0 Å². The van der Waals surface area contributed by atoms with Crippen molar-refractivity contribution in [3.05, 3.63) is 56.3 Å². The molecule has 1 aromatic heterocycles. The third kappa shape index (κ3) is 2.48. The van der Waals surface area contributed by atoms with E-state index in [9.17, 15) is 0 Å². The Morgan fingerprint density at radius 3 is 2.35 bits per heavy atom. The van der Waals surface area contributed by atoms with Crippen LogP contribution in [-0.4, -0.2) is 0 Å². The molecule has 0 aliphatic heterocycles. The van der Waals surface area contributed by atoms with E-state index in [0.717, 1.165) is 0 Å². The first kappa shape index (κ1) is 12.8. The van der Waals surface area contributed by atoms with Gasteiger partial charge in [-0.05, 0) is 56.0 Å². The van der Waals surface area contributed by atoms with Gasteiger partial charge in [-0.1, -0.05) is 34.1 Å². The standard InChI is InChI=1S/C15H17BrS/c1-9-6-5-7-13(11(9)3)15(16)14-8-10(2)17-12(14)4/h5-8,15H,1-4H3. The first-order valence-electron chi connectivity index (χ1n) is 5.78. The molecule has 0 N–H and O–H groups in total. The fraction of sp³-hybridized carbons (Fsp3) is 0.333. The van der Waals surface area contributed by atoms with Crippen LogP contribution in [0.4, 0.5) is 0 Å². The van der Waals surface area contributed by atoms with Crippen LogP contribution in [0.5, 0.6) is 0 Å². The van der Waals surface area contributed by atoms with E-state index in [0.29, 0.717) is 4.83 Å². The number of alkyl halides is 1. The summed E-state index contributed by atoms with van der Waals surface area (Å²) < 4.78 is 0. The molecule has 0 radical (unpaired) electrons. The highest BCUT2D eigenvalue weighted by molar-refractivity contribution is 9.09. The lowest BCUT2D eigenvalue weighted by Crippen LogP contribution is -1.97. The lowest BCUT2D eigenvalue weighted by Gasteiger charge is -2.14. The molecule has 2 rings (SSSR count). The molecule has 0 bridgehead atoms. The van der Waals surface area contributed by atoms with Crippen LogP contribution in [0.2, 0.25) is 0 Å². The molecule has 2 aromatic rings. The Kier molecular flexibility index (Phi) is 3.74. The van der Waals surface area contributed by atoms with Gasteiger partial charge in [-0.3, -0.25) is 0 Å². The van der Waals surface area contributed by atoms with Gasteiger partial charge in [0.2, 0.25) is 0 Å². The van der Waals surface area contributed by atoms with E-state index >= 15 is 0 Å². The summed E-state index contributed by atoms with van der Waals surface area (Å²) in [5, 5.41) is 0. The van der Waals surface area contributed by atoms with Gasteiger partial charge in [-0.25, -0.2) is 0 Å². The molecule has 17 heavy (non-hydrogen) atoms. The fourth-order valence-corrected chi connectivity index (χ4v) is 4.20. The van der Waals surface area contributed by atoms with Gasteiger partial charge in [0.15, 0.2) is 0 Å². The molecule has 0 spiro atoms. The third-order valence-electron chi connectivity index (χ3n) is 3.27. The number of hydrogen-bond donors (Lipinski definition) is 0. The molecule has 2 heteroatoms. The molecular formula is C15H17BrS. The van der Waals surface area contributed by atoms with Gasteiger partial charge in [0.25, 0.3) is 0 Å². The largest absolute Gasteiger partial charge is 0.146 e. The van der Waals surface area contributed by atoms with Crippen LogP contribution < -0.4 is 0 Å². The minimum absolute atomic E-state index is 0.312. The van der Waals surface area contributed by atoms with Gasteiger partial charge in [0.05, 0.1) is 4.83 Å². The number of thiophene rings is 1. The molecule has 0 aliphatic rings. The molecule has 0 fully saturated rings. The first-order chi connectivity index (χ1) is 8.00. The number of rotatable bonds is 2. The van der Waals surface area contributed by atoms with Crippen molar-refractivity contribution in [1.29, 1.82) is 0 Å². The Hall–Kier alpha value is -0.600. The van der Waals surface area contributed by atoms with E-state index in [1.165, 1.54) is 32.0 Å². The molecule has 0 nitrogen and oxygen atoms in total. The van der Waals surface area contributed by atoms with Crippen LogP contribution in [0.25, 0.3) is 0 Å². The summed E-state index contributed by atoms with van der Waals surface area (Å²) in [5.41, 5.74) is 5.53. The number of aryl methyl sites for hydroxylation is 3. The van der Waals surface area contributed by atoms with Crippen LogP contribution in [0.15, 0.2) is 24.3 Å². The van der Waals surface area contributed by atoms with Crippen molar-refractivity contribution in [3.8, 4) is 0 Å². The van der Waals surface area contributed by atoms with Gasteiger partial charge in [-0.15, -0.1) is 11.3 Å². The van der Waals surface area contributed by atoms with E-state index in [1.54, 1.807) is 0 Å². The highest BCUT2D eigenvalue weighted by Crippen LogP contribution is 2.38. The maximum absolute atomic E-state index is 3.85. The molecule has 0 aliphatic carbocycles. The van der Waals surface area contributed by atoms with Crippen LogP contribution in [0, 0.1) is 27.7 Å². The quantitative estimate of drug-likeness (QED) is 0.646. The Bertz CT molecular complexity index is 540. The smallest absolute Gasteiger partial charge is 0.0658 e. The Balaban J connectivity index is 2.47. The van der Waals surface area contributed by atoms with E-state index in [-0.39, 0.29) is 0 Å². The monoisotopic (exact) mass is 308 g/mol. The summed E-state index contributed by atoms with van der Waals surface area (Å²) in [6, 6.07) is 8.82. The summed E-state index contributed by atoms with van der Waals surface area (Å²) in [4.78, 5) is 3.10. The SMILES string of the molecule is Cc1cc(C(Br)c2cccc(C)c2C)c(C)s1. The minimum Gasteiger partial charge on any atom is -0.146 e. The van der Waals surface area contributed by atoms with Crippen molar-refractivity contribution in [1.82, 2.24) is 0 Å². The van der Waals surface area contributed by atoms with Crippen molar-refractivity contribution in [2.24, 2.45) is 0 Å². The highest BCUT2D eigenvalue weighted by atomic mass is 79.9. The Morgan fingerprint density at radius 1 is 1.06 bits per heavy atom. The molecule has 90 valence electrons. The van der Waals surface area contributed by atoms with Gasteiger partial charge in [0, 0.05) is 9.75 Å². The predicted octanol–water partition coefficient (Wildman–Crippen LogP) is 5.47. The van der Waals surface area contributed by atoms with Crippen molar-refractivity contribution in [3.63, 3.8) is 0 Å². The minimum atomic E-state index is 0.312. The van der Waals surface area contributed by atoms with Gasteiger partial charge in [0.1, 0.15) is 0 Å². The van der Waals surface area contributed by atoms with Crippen LogP contribution in [0.1, 0.15) is 36.8 Å². The Labute approximate surface area is 116 Å². The molecule has 0 saturated carbocycles. The molecular weight excluding hydrogens is 292 g/mol. The third-order valence-corrected chi connectivity index (χ3v) is 5.24. The number of benzene rings is 1. The Morgan fingerprint density at radius 2 is 1.76 bits per heavy atom. The van der Waals surface area contributed by atoms with Gasteiger partial charge < -0.3 is 0 Å². The molecule has 0 amide bonds. The normalized spacial score (nSPS) is 12.8. The molecule has 1 heterocycles. The fourth-order valence-electron chi connectivity index (χ4n) is 2.12. The average Bonchev–Trinajstić information content (AvgIpc) is 2.61. The van der Waals surface area contributed by atoms with Crippen molar-refractivity contribution in [2.45, 2.75) is 32.5 Å². The van der Waals surface area contributed by atoms with Crippen molar-refractivity contribution >= 4 is 27.3 Å². The molecule has 0 saturated heterocycles. The summed E-state index contributed by atoms with van der Waals surface area (Å²) >= 11 is 5.72. The summed E-state index contributed by atoms with van der Waals surface area (Å²) in [5.74, 6) is 0. The topological polar surface area (TPSA) is 0 Å². The maximum Gasteiger partial charge on any atom is 0.0658 e. The van der Waals surface area contributed by atoms with E-state index in [2.05, 4.69) is 67.9 Å².